The van der Waals surface area contributed by atoms with Crippen molar-refractivity contribution in [3.05, 3.63) is 313 Å². The topological polar surface area (TPSA) is 9.86 Å². The Bertz CT molecular complexity index is 4110. The van der Waals surface area contributed by atoms with Crippen LogP contribution in [-0.4, -0.2) is 17.2 Å². The summed E-state index contributed by atoms with van der Waals surface area (Å²) in [7, 11) is -3.70. The summed E-state index contributed by atoms with van der Waals surface area (Å²) in [4.78, 5) is 0. The van der Waals surface area contributed by atoms with Crippen LogP contribution in [0, 0.1) is 0 Å². The summed E-state index contributed by atoms with van der Waals surface area (Å²) in [6.45, 7) is 0. The molecule has 70 heavy (non-hydrogen) atoms. The van der Waals surface area contributed by atoms with E-state index < -0.39 is 19.5 Å². The molecule has 11 aromatic carbocycles. The van der Waals surface area contributed by atoms with Gasteiger partial charge in [-0.3, -0.25) is 0 Å². The lowest BCUT2D eigenvalue weighted by Crippen LogP contribution is -2.74. The fourth-order valence-electron chi connectivity index (χ4n) is 11.5. The standard InChI is InChI=1S/C67H48N2Si/c1-8-24-49(25-9-1)67(50-26-10-2-11-27-50,51-28-12-3-13-29-51)52-40-44-64-61(46-52)62-47-54(41-45-65(62)68(64)53-30-14-4-15-31-53)69-63-39-23-22-38-59(63)60-43-42-58(48-66(60)69)70(55-32-16-5-17-33-55,56-34-18-6-19-35-56)57-36-20-7-21-37-57/h1-48H/i5D,16D,17D,32D,33D. The maximum atomic E-state index is 9.63. The van der Waals surface area contributed by atoms with Crippen molar-refractivity contribution in [2.24, 2.45) is 0 Å². The number of hydrogen-bond acceptors (Lipinski definition) is 0. The van der Waals surface area contributed by atoms with Gasteiger partial charge in [-0.2, -0.15) is 0 Å². The van der Waals surface area contributed by atoms with E-state index in [1.807, 2.05) is 36.4 Å². The number of benzene rings is 11. The normalized spacial score (nSPS) is 13.0. The van der Waals surface area contributed by atoms with Gasteiger partial charge in [-0.1, -0.05) is 236 Å². The van der Waals surface area contributed by atoms with Crippen LogP contribution in [0.1, 0.15) is 29.1 Å². The molecule has 0 aliphatic heterocycles. The van der Waals surface area contributed by atoms with Crippen LogP contribution in [0.4, 0.5) is 0 Å². The molecule has 2 nitrogen and oxygen atoms in total. The van der Waals surface area contributed by atoms with E-state index in [2.05, 4.69) is 234 Å². The Labute approximate surface area is 416 Å². The lowest BCUT2D eigenvalue weighted by Gasteiger charge is -2.37. The SMILES string of the molecule is [2H]c1c([2H])c([2H])c([Si](c2ccccc2)(c2ccccc2)c2ccc3c4ccccc4n(-c4ccc5c(c4)c4cc(C(c6ccccc6)(c6ccccc6)c6ccccc6)ccc4n5-c4ccccc4)c3c2)c([2H])c1[2H]. The molecule has 2 aromatic heterocycles. The molecule has 13 aromatic rings. The molecule has 0 aliphatic rings. The molecule has 0 spiro atoms. The van der Waals surface area contributed by atoms with Crippen LogP contribution >= 0.6 is 0 Å². The van der Waals surface area contributed by atoms with Crippen molar-refractivity contribution in [1.82, 2.24) is 9.13 Å². The van der Waals surface area contributed by atoms with Gasteiger partial charge in [-0.15, -0.1) is 0 Å². The van der Waals surface area contributed by atoms with Crippen LogP contribution in [0.5, 0.6) is 0 Å². The first-order valence-corrected chi connectivity index (χ1v) is 25.8. The molecule has 0 bridgehead atoms. The third kappa shape index (κ3) is 6.40. The summed E-state index contributed by atoms with van der Waals surface area (Å²) < 4.78 is 50.7. The Morgan fingerprint density at radius 1 is 0.286 bits per heavy atom. The average molecular weight is 914 g/mol. The Morgan fingerprint density at radius 2 is 0.743 bits per heavy atom. The van der Waals surface area contributed by atoms with E-state index in [0.29, 0.717) is 5.19 Å². The van der Waals surface area contributed by atoms with Gasteiger partial charge >= 0.3 is 0 Å². The number of aromatic nitrogens is 2. The van der Waals surface area contributed by atoms with Crippen molar-refractivity contribution in [2.75, 3.05) is 0 Å². The zero-order valence-electron chi connectivity index (χ0n) is 43.2. The molecule has 0 atom stereocenters. The zero-order chi connectivity index (χ0) is 50.8. The summed E-state index contributed by atoms with van der Waals surface area (Å²) >= 11 is 0. The first-order chi connectivity index (χ1) is 36.8. The van der Waals surface area contributed by atoms with Crippen LogP contribution < -0.4 is 20.7 Å². The van der Waals surface area contributed by atoms with Crippen LogP contribution in [0.2, 0.25) is 0 Å². The van der Waals surface area contributed by atoms with Crippen molar-refractivity contribution in [3.8, 4) is 11.4 Å². The van der Waals surface area contributed by atoms with Gasteiger partial charge in [0.15, 0.2) is 8.07 Å². The molecule has 0 amide bonds. The zero-order valence-corrected chi connectivity index (χ0v) is 39.2. The summed E-state index contributed by atoms with van der Waals surface area (Å²) in [5.74, 6) is 0. The molecule has 0 aliphatic carbocycles. The Kier molecular flexibility index (Phi) is 8.86. The predicted molar refractivity (Wildman–Crippen MR) is 297 cm³/mol. The summed E-state index contributed by atoms with van der Waals surface area (Å²) in [5, 5.41) is 7.41. The molecule has 0 radical (unpaired) electrons. The maximum absolute atomic E-state index is 9.63. The third-order valence-corrected chi connectivity index (χ3v) is 19.0. The minimum Gasteiger partial charge on any atom is -0.309 e. The van der Waals surface area contributed by atoms with Crippen LogP contribution in [-0.2, 0) is 5.41 Å². The monoisotopic (exact) mass is 913 g/mol. The fraction of sp³-hybridized carbons (Fsp3) is 0.0149. The number of fused-ring (bicyclic) bond motifs is 6. The number of nitrogens with zero attached hydrogens (tertiary/aromatic N) is 2. The molecule has 0 N–H and O–H groups in total. The predicted octanol–water partition coefficient (Wildman–Crippen LogP) is 13.6. The largest absolute Gasteiger partial charge is 0.309 e. The van der Waals surface area contributed by atoms with Gasteiger partial charge in [0.25, 0.3) is 0 Å². The van der Waals surface area contributed by atoms with Gasteiger partial charge in [0, 0.05) is 32.9 Å². The van der Waals surface area contributed by atoms with E-state index in [9.17, 15) is 2.74 Å². The average Bonchev–Trinajstić information content (AvgIpc) is 4.05. The molecule has 0 saturated carbocycles. The van der Waals surface area contributed by atoms with Crippen molar-refractivity contribution >= 4 is 72.4 Å². The minimum absolute atomic E-state index is 0.184. The van der Waals surface area contributed by atoms with Crippen LogP contribution in [0.25, 0.3) is 55.0 Å². The first-order valence-electron chi connectivity index (χ1n) is 26.3. The van der Waals surface area contributed by atoms with Crippen LogP contribution in [0.3, 0.4) is 0 Å². The van der Waals surface area contributed by atoms with Crippen molar-refractivity contribution in [2.45, 2.75) is 5.41 Å². The fourth-order valence-corrected chi connectivity index (χ4v) is 16.0. The smallest absolute Gasteiger partial charge is 0.179 e. The van der Waals surface area contributed by atoms with E-state index in [1.165, 1.54) is 16.7 Å². The highest BCUT2D eigenvalue weighted by Crippen LogP contribution is 2.47. The highest BCUT2D eigenvalue weighted by molar-refractivity contribution is 7.20. The number of rotatable bonds is 10. The van der Waals surface area contributed by atoms with Gasteiger partial charge < -0.3 is 9.13 Å². The van der Waals surface area contributed by atoms with Gasteiger partial charge in [0.2, 0.25) is 0 Å². The Balaban J connectivity index is 1.13. The Hall–Kier alpha value is -8.76. The summed E-state index contributed by atoms with van der Waals surface area (Å²) in [5.41, 5.74) is 10.2. The summed E-state index contributed by atoms with van der Waals surface area (Å²) in [6.07, 6.45) is 0. The first kappa shape index (κ1) is 36.3. The molecular formula is C67H48N2Si. The second kappa shape index (κ2) is 17.1. The molecule has 0 unspecified atom stereocenters. The van der Waals surface area contributed by atoms with E-state index in [0.717, 1.165) is 76.1 Å². The molecule has 330 valence electrons. The van der Waals surface area contributed by atoms with Crippen molar-refractivity contribution in [3.63, 3.8) is 0 Å². The van der Waals surface area contributed by atoms with Gasteiger partial charge in [0.1, 0.15) is 0 Å². The van der Waals surface area contributed by atoms with Crippen LogP contribution in [0.15, 0.2) is 291 Å². The van der Waals surface area contributed by atoms with Gasteiger partial charge in [-0.25, -0.2) is 0 Å². The highest BCUT2D eigenvalue weighted by Gasteiger charge is 2.42. The second-order valence-electron chi connectivity index (χ2n) is 18.0. The van der Waals surface area contributed by atoms with E-state index >= 15 is 0 Å². The lowest BCUT2D eigenvalue weighted by atomic mass is 9.65. The van der Waals surface area contributed by atoms with E-state index in [4.69, 9.17) is 4.11 Å². The molecule has 0 fully saturated rings. The summed E-state index contributed by atoms with van der Waals surface area (Å²) in [6, 6.07) is 90.7. The van der Waals surface area contributed by atoms with E-state index in [1.54, 1.807) is 0 Å². The molecule has 13 rings (SSSR count). The molecular weight excluding hydrogens is 861 g/mol. The van der Waals surface area contributed by atoms with Gasteiger partial charge in [0.05, 0.1) is 34.3 Å². The van der Waals surface area contributed by atoms with Crippen molar-refractivity contribution < 1.29 is 6.85 Å². The minimum atomic E-state index is -3.70. The highest BCUT2D eigenvalue weighted by atomic mass is 28.3. The van der Waals surface area contributed by atoms with Gasteiger partial charge in [-0.05, 0) is 97.6 Å². The lowest BCUT2D eigenvalue weighted by molar-refractivity contribution is 0.746. The molecule has 2 heterocycles. The number of hydrogen-bond donors (Lipinski definition) is 0. The quantitative estimate of drug-likeness (QED) is 0.0956. The molecule has 3 heteroatoms. The second-order valence-corrected chi connectivity index (χ2v) is 21.8. The maximum Gasteiger partial charge on any atom is 0.179 e. The van der Waals surface area contributed by atoms with E-state index in [-0.39, 0.29) is 24.2 Å². The third-order valence-electron chi connectivity index (χ3n) is 14.5. The molecule has 0 saturated heterocycles. The van der Waals surface area contributed by atoms with Crippen molar-refractivity contribution in [1.29, 1.82) is 0 Å². The number of para-hydroxylation sites is 2. The Morgan fingerprint density at radius 3 is 1.33 bits per heavy atom.